The zero-order valence-corrected chi connectivity index (χ0v) is 11.6. The Balaban J connectivity index is 1.96. The van der Waals surface area contributed by atoms with Crippen LogP contribution in [0.15, 0.2) is 22.7 Å². The molecule has 3 nitrogen and oxygen atoms in total. The molecule has 0 saturated heterocycles. The van der Waals surface area contributed by atoms with Gasteiger partial charge in [-0.2, -0.15) is 0 Å². The average Bonchev–Trinajstić information content (AvgIpc) is 2.21. The van der Waals surface area contributed by atoms with E-state index >= 15 is 0 Å². The number of aryl methyl sites for hydroxylation is 1. The van der Waals surface area contributed by atoms with Crippen LogP contribution >= 0.6 is 15.9 Å². The SMILES string of the molecule is COC1CC(NC(=O)c2cc(C)cc(Br)c2)C1. The summed E-state index contributed by atoms with van der Waals surface area (Å²) in [5.74, 6) is -0.00560. The molecule has 1 N–H and O–H groups in total. The van der Waals surface area contributed by atoms with Gasteiger partial charge in [0, 0.05) is 23.2 Å². The van der Waals surface area contributed by atoms with Crippen molar-refractivity contribution in [2.24, 2.45) is 0 Å². The third-order valence-electron chi connectivity index (χ3n) is 3.07. The lowest BCUT2D eigenvalue weighted by Crippen LogP contribution is -2.47. The molecule has 17 heavy (non-hydrogen) atoms. The van der Waals surface area contributed by atoms with Crippen LogP contribution in [0, 0.1) is 6.92 Å². The van der Waals surface area contributed by atoms with Gasteiger partial charge in [-0.1, -0.05) is 15.9 Å². The number of amides is 1. The second-order valence-corrected chi connectivity index (χ2v) is 5.43. The quantitative estimate of drug-likeness (QED) is 0.931. The summed E-state index contributed by atoms with van der Waals surface area (Å²) < 4.78 is 6.12. The molecule has 1 aliphatic carbocycles. The molecule has 0 aromatic heterocycles. The molecule has 0 atom stereocenters. The van der Waals surface area contributed by atoms with Crippen molar-refractivity contribution < 1.29 is 9.53 Å². The number of benzene rings is 1. The summed E-state index contributed by atoms with van der Waals surface area (Å²) in [7, 11) is 1.71. The fourth-order valence-corrected chi connectivity index (χ4v) is 2.62. The highest BCUT2D eigenvalue weighted by Gasteiger charge is 2.30. The summed E-state index contributed by atoms with van der Waals surface area (Å²) in [6.45, 7) is 1.98. The molecule has 0 bridgehead atoms. The minimum Gasteiger partial charge on any atom is -0.381 e. The van der Waals surface area contributed by atoms with E-state index in [4.69, 9.17) is 4.74 Å². The van der Waals surface area contributed by atoms with Crippen LogP contribution in [0.5, 0.6) is 0 Å². The minimum absolute atomic E-state index is 0.00560. The maximum absolute atomic E-state index is 12.0. The lowest BCUT2D eigenvalue weighted by atomic mass is 9.89. The Morgan fingerprint density at radius 3 is 2.71 bits per heavy atom. The molecule has 1 aromatic rings. The first kappa shape index (κ1) is 12.6. The van der Waals surface area contributed by atoms with E-state index in [9.17, 15) is 4.79 Å². The van der Waals surface area contributed by atoms with Crippen LogP contribution in [0.3, 0.4) is 0 Å². The topological polar surface area (TPSA) is 38.3 Å². The van der Waals surface area contributed by atoms with E-state index in [1.165, 1.54) is 0 Å². The molecule has 0 spiro atoms. The molecule has 0 heterocycles. The lowest BCUT2D eigenvalue weighted by Gasteiger charge is -2.34. The highest BCUT2D eigenvalue weighted by atomic mass is 79.9. The van der Waals surface area contributed by atoms with E-state index in [-0.39, 0.29) is 11.9 Å². The van der Waals surface area contributed by atoms with Gasteiger partial charge >= 0.3 is 0 Å². The molecule has 0 unspecified atom stereocenters. The van der Waals surface area contributed by atoms with Crippen molar-refractivity contribution >= 4 is 21.8 Å². The fourth-order valence-electron chi connectivity index (χ4n) is 2.01. The first-order chi connectivity index (χ1) is 8.08. The summed E-state index contributed by atoms with van der Waals surface area (Å²) >= 11 is 3.40. The molecule has 1 aliphatic rings. The zero-order chi connectivity index (χ0) is 12.4. The number of hydrogen-bond acceptors (Lipinski definition) is 2. The van der Waals surface area contributed by atoms with Crippen molar-refractivity contribution in [2.75, 3.05) is 7.11 Å². The standard InChI is InChI=1S/C13H16BrNO2/c1-8-3-9(5-10(14)4-8)13(16)15-11-6-12(7-11)17-2/h3-5,11-12H,6-7H2,1-2H3,(H,15,16). The van der Waals surface area contributed by atoms with Crippen LogP contribution in [0.4, 0.5) is 0 Å². The maximum atomic E-state index is 12.0. The number of ether oxygens (including phenoxy) is 1. The number of carbonyl (C=O) groups is 1. The number of nitrogens with one attached hydrogen (secondary N) is 1. The molecule has 92 valence electrons. The second-order valence-electron chi connectivity index (χ2n) is 4.52. The van der Waals surface area contributed by atoms with Gasteiger partial charge in [0.15, 0.2) is 0 Å². The molecule has 1 saturated carbocycles. The van der Waals surface area contributed by atoms with Gasteiger partial charge in [0.25, 0.3) is 5.91 Å². The van der Waals surface area contributed by atoms with Crippen LogP contribution in [-0.2, 0) is 4.74 Å². The molecular formula is C13H16BrNO2. The predicted octanol–water partition coefficient (Wildman–Crippen LogP) is 2.66. The summed E-state index contributed by atoms with van der Waals surface area (Å²) in [6, 6.07) is 5.98. The number of methoxy groups -OCH3 is 1. The Morgan fingerprint density at radius 1 is 1.41 bits per heavy atom. The molecule has 4 heteroatoms. The Hall–Kier alpha value is -0.870. The minimum atomic E-state index is -0.00560. The predicted molar refractivity (Wildman–Crippen MR) is 70.2 cm³/mol. The van der Waals surface area contributed by atoms with Crippen LogP contribution < -0.4 is 5.32 Å². The summed E-state index contributed by atoms with van der Waals surface area (Å²) in [4.78, 5) is 12.0. The first-order valence-corrected chi connectivity index (χ1v) is 6.48. The van der Waals surface area contributed by atoms with Crippen molar-refractivity contribution in [3.63, 3.8) is 0 Å². The summed E-state index contributed by atoms with van der Waals surface area (Å²) in [5, 5.41) is 3.01. The van der Waals surface area contributed by atoms with Crippen molar-refractivity contribution in [3.05, 3.63) is 33.8 Å². The van der Waals surface area contributed by atoms with Gasteiger partial charge in [-0.3, -0.25) is 4.79 Å². The van der Waals surface area contributed by atoms with Gasteiger partial charge in [0.2, 0.25) is 0 Å². The lowest BCUT2D eigenvalue weighted by molar-refractivity contribution is 0.0176. The summed E-state index contributed by atoms with van der Waals surface area (Å²) in [6.07, 6.45) is 2.13. The van der Waals surface area contributed by atoms with Crippen molar-refractivity contribution in [2.45, 2.75) is 31.9 Å². The average molecular weight is 298 g/mol. The van der Waals surface area contributed by atoms with Crippen LogP contribution in [0.2, 0.25) is 0 Å². The van der Waals surface area contributed by atoms with Crippen LogP contribution in [0.1, 0.15) is 28.8 Å². The molecule has 1 fully saturated rings. The number of rotatable bonds is 3. The molecule has 0 radical (unpaired) electrons. The van der Waals surface area contributed by atoms with E-state index in [0.717, 1.165) is 22.9 Å². The van der Waals surface area contributed by atoms with Crippen molar-refractivity contribution in [1.29, 1.82) is 0 Å². The highest BCUT2D eigenvalue weighted by Crippen LogP contribution is 2.23. The van der Waals surface area contributed by atoms with Gasteiger partial charge in [-0.05, 0) is 43.5 Å². The van der Waals surface area contributed by atoms with Gasteiger partial charge in [-0.25, -0.2) is 0 Å². The normalized spacial score (nSPS) is 23.0. The number of hydrogen-bond donors (Lipinski definition) is 1. The first-order valence-electron chi connectivity index (χ1n) is 5.69. The molecule has 1 amide bonds. The molecule has 1 aromatic carbocycles. The van der Waals surface area contributed by atoms with Crippen molar-refractivity contribution in [1.82, 2.24) is 5.32 Å². The third kappa shape index (κ3) is 3.07. The van der Waals surface area contributed by atoms with Gasteiger partial charge in [-0.15, -0.1) is 0 Å². The third-order valence-corrected chi connectivity index (χ3v) is 3.53. The molecular weight excluding hydrogens is 282 g/mol. The van der Waals surface area contributed by atoms with E-state index < -0.39 is 0 Å². The Labute approximate surface area is 110 Å². The van der Waals surface area contributed by atoms with Gasteiger partial charge in [0.05, 0.1) is 6.10 Å². The van der Waals surface area contributed by atoms with Crippen molar-refractivity contribution in [3.8, 4) is 0 Å². The Bertz CT molecular complexity index is 407. The highest BCUT2D eigenvalue weighted by molar-refractivity contribution is 9.10. The smallest absolute Gasteiger partial charge is 0.251 e. The maximum Gasteiger partial charge on any atom is 0.251 e. The largest absolute Gasteiger partial charge is 0.381 e. The van der Waals surface area contributed by atoms with Gasteiger partial charge in [0.1, 0.15) is 0 Å². The van der Waals surface area contributed by atoms with Crippen LogP contribution in [0.25, 0.3) is 0 Å². The van der Waals surface area contributed by atoms with Crippen LogP contribution in [-0.4, -0.2) is 25.2 Å². The van der Waals surface area contributed by atoms with E-state index in [0.29, 0.717) is 11.7 Å². The fraction of sp³-hybridized carbons (Fsp3) is 0.462. The number of halogens is 1. The van der Waals surface area contributed by atoms with E-state index in [1.807, 2.05) is 25.1 Å². The number of carbonyl (C=O) groups excluding carboxylic acids is 1. The Kier molecular flexibility index (Phi) is 3.84. The monoisotopic (exact) mass is 297 g/mol. The summed E-state index contributed by atoms with van der Waals surface area (Å²) in [5.41, 5.74) is 1.78. The molecule has 2 rings (SSSR count). The van der Waals surface area contributed by atoms with Gasteiger partial charge < -0.3 is 10.1 Å². The molecule has 0 aliphatic heterocycles. The van der Waals surface area contributed by atoms with E-state index in [1.54, 1.807) is 7.11 Å². The second kappa shape index (κ2) is 5.19. The van der Waals surface area contributed by atoms with E-state index in [2.05, 4.69) is 21.2 Å². The zero-order valence-electron chi connectivity index (χ0n) is 10.00. The Morgan fingerprint density at radius 2 is 2.12 bits per heavy atom.